The second-order valence-corrected chi connectivity index (χ2v) is 6.18. The molecule has 0 unspecified atom stereocenters. The first-order valence-electron chi connectivity index (χ1n) is 6.11. The Morgan fingerprint density at radius 1 is 1.40 bits per heavy atom. The molecule has 1 aliphatic heterocycles. The Kier molecular flexibility index (Phi) is 2.66. The summed E-state index contributed by atoms with van der Waals surface area (Å²) >= 11 is 0. The fourth-order valence-electron chi connectivity index (χ4n) is 2.96. The molecule has 0 aromatic rings. The minimum Gasteiger partial charge on any atom is -0.367 e. The molecule has 2 aliphatic rings. The zero-order valence-corrected chi connectivity index (χ0v) is 10.1. The molecule has 0 amide bonds. The average Bonchev–Trinajstić information content (AvgIpc) is 2.58. The van der Waals surface area contributed by atoms with Crippen LogP contribution in [0.15, 0.2) is 0 Å². The minimum absolute atomic E-state index is 0.305. The lowest BCUT2D eigenvalue weighted by molar-refractivity contribution is -0.147. The van der Waals surface area contributed by atoms with Gasteiger partial charge in [0, 0.05) is 13.0 Å². The Hall–Kier alpha value is -0.370. The van der Waals surface area contributed by atoms with Crippen molar-refractivity contribution >= 4 is 5.78 Å². The van der Waals surface area contributed by atoms with Gasteiger partial charge in [-0.25, -0.2) is 0 Å². The van der Waals surface area contributed by atoms with E-state index in [4.69, 9.17) is 4.74 Å². The van der Waals surface area contributed by atoms with Crippen LogP contribution in [0.4, 0.5) is 0 Å². The molecule has 0 aromatic heterocycles. The van der Waals surface area contributed by atoms with E-state index in [2.05, 4.69) is 20.8 Å². The zero-order chi connectivity index (χ0) is 11.1. The zero-order valence-electron chi connectivity index (χ0n) is 10.1. The molecule has 86 valence electrons. The minimum atomic E-state index is -0.379. The van der Waals surface area contributed by atoms with Gasteiger partial charge in [0.25, 0.3) is 0 Å². The number of ketones is 1. The number of carbonyl (C=O) groups excluding carboxylic acids is 1. The van der Waals surface area contributed by atoms with Crippen LogP contribution >= 0.6 is 0 Å². The van der Waals surface area contributed by atoms with E-state index in [0.717, 1.165) is 38.7 Å². The summed E-state index contributed by atoms with van der Waals surface area (Å²) in [4.78, 5) is 12.0. The third-order valence-electron chi connectivity index (χ3n) is 4.13. The molecule has 1 saturated carbocycles. The van der Waals surface area contributed by atoms with Crippen molar-refractivity contribution < 1.29 is 9.53 Å². The van der Waals surface area contributed by atoms with E-state index in [-0.39, 0.29) is 5.60 Å². The topological polar surface area (TPSA) is 26.3 Å². The van der Waals surface area contributed by atoms with Crippen molar-refractivity contribution in [1.82, 2.24) is 0 Å². The smallest absolute Gasteiger partial charge is 0.164 e. The number of ether oxygens (including phenoxy) is 1. The summed E-state index contributed by atoms with van der Waals surface area (Å²) in [5.41, 5.74) is -0.0736. The van der Waals surface area contributed by atoms with Gasteiger partial charge in [-0.2, -0.15) is 0 Å². The Balaban J connectivity index is 2.14. The fourth-order valence-corrected chi connectivity index (χ4v) is 2.96. The lowest BCUT2D eigenvalue weighted by atomic mass is 9.66. The van der Waals surface area contributed by atoms with E-state index in [9.17, 15) is 4.79 Å². The first-order chi connectivity index (χ1) is 6.94. The van der Waals surface area contributed by atoms with Crippen molar-refractivity contribution in [3.8, 4) is 0 Å². The van der Waals surface area contributed by atoms with Crippen molar-refractivity contribution in [3.63, 3.8) is 0 Å². The van der Waals surface area contributed by atoms with E-state index in [0.29, 0.717) is 17.1 Å². The van der Waals surface area contributed by atoms with Gasteiger partial charge in [-0.3, -0.25) is 4.79 Å². The highest BCUT2D eigenvalue weighted by Gasteiger charge is 2.48. The lowest BCUT2D eigenvalue weighted by Gasteiger charge is -2.41. The van der Waals surface area contributed by atoms with Gasteiger partial charge >= 0.3 is 0 Å². The van der Waals surface area contributed by atoms with Gasteiger partial charge in [-0.15, -0.1) is 0 Å². The maximum Gasteiger partial charge on any atom is 0.164 e. The first-order valence-corrected chi connectivity index (χ1v) is 6.11. The molecule has 2 heteroatoms. The van der Waals surface area contributed by atoms with Gasteiger partial charge in [-0.1, -0.05) is 20.8 Å². The molecule has 0 N–H and O–H groups in total. The Morgan fingerprint density at radius 3 is 2.67 bits per heavy atom. The van der Waals surface area contributed by atoms with Crippen LogP contribution < -0.4 is 0 Å². The van der Waals surface area contributed by atoms with Crippen molar-refractivity contribution in [2.24, 2.45) is 11.3 Å². The monoisotopic (exact) mass is 210 g/mol. The maximum atomic E-state index is 12.0. The van der Waals surface area contributed by atoms with Gasteiger partial charge in [-0.05, 0) is 37.0 Å². The Labute approximate surface area is 92.4 Å². The second-order valence-electron chi connectivity index (χ2n) is 6.18. The van der Waals surface area contributed by atoms with Crippen molar-refractivity contribution in [3.05, 3.63) is 0 Å². The molecule has 2 fully saturated rings. The van der Waals surface area contributed by atoms with Crippen molar-refractivity contribution in [2.45, 2.75) is 58.5 Å². The van der Waals surface area contributed by atoms with Gasteiger partial charge in [0.15, 0.2) is 5.78 Å². The number of hydrogen-bond donors (Lipinski definition) is 0. The third-order valence-corrected chi connectivity index (χ3v) is 4.13. The molecule has 1 saturated heterocycles. The molecule has 2 nitrogen and oxygen atoms in total. The van der Waals surface area contributed by atoms with Crippen LogP contribution in [-0.4, -0.2) is 18.0 Å². The number of rotatable bonds is 0. The highest BCUT2D eigenvalue weighted by atomic mass is 16.5. The lowest BCUT2D eigenvalue weighted by Crippen LogP contribution is -2.46. The molecular weight excluding hydrogens is 188 g/mol. The standard InChI is InChI=1S/C13H22O2/c1-12(2,3)10-5-6-11(14)13(9-10)7-4-8-15-13/h10H,4-9H2,1-3H3/t10-,13-/m1/s1. The van der Waals surface area contributed by atoms with E-state index in [1.54, 1.807) is 0 Å². The summed E-state index contributed by atoms with van der Waals surface area (Å²) in [7, 11) is 0. The van der Waals surface area contributed by atoms with Gasteiger partial charge < -0.3 is 4.74 Å². The average molecular weight is 210 g/mol. The first kappa shape index (κ1) is 11.1. The van der Waals surface area contributed by atoms with Crippen LogP contribution in [0, 0.1) is 11.3 Å². The van der Waals surface area contributed by atoms with Crippen LogP contribution in [0.3, 0.4) is 0 Å². The normalized spacial score (nSPS) is 37.5. The van der Waals surface area contributed by atoms with Crippen LogP contribution in [0.1, 0.15) is 52.9 Å². The molecule has 1 spiro atoms. The molecular formula is C13H22O2. The van der Waals surface area contributed by atoms with E-state index < -0.39 is 0 Å². The summed E-state index contributed by atoms with van der Waals surface area (Å²) in [6, 6.07) is 0. The van der Waals surface area contributed by atoms with E-state index in [1.165, 1.54) is 0 Å². The van der Waals surface area contributed by atoms with E-state index >= 15 is 0 Å². The van der Waals surface area contributed by atoms with Gasteiger partial charge in [0.05, 0.1) is 0 Å². The second kappa shape index (κ2) is 3.58. The van der Waals surface area contributed by atoms with Crippen LogP contribution in [-0.2, 0) is 9.53 Å². The van der Waals surface area contributed by atoms with Crippen LogP contribution in [0.5, 0.6) is 0 Å². The molecule has 2 atom stereocenters. The number of carbonyl (C=O) groups is 1. The number of Topliss-reactive ketones (excluding diaryl/α,β-unsaturated/α-hetero) is 1. The Bertz CT molecular complexity index is 256. The molecule has 15 heavy (non-hydrogen) atoms. The Morgan fingerprint density at radius 2 is 2.13 bits per heavy atom. The highest BCUT2D eigenvalue weighted by molar-refractivity contribution is 5.88. The molecule has 1 heterocycles. The van der Waals surface area contributed by atoms with Gasteiger partial charge in [0.2, 0.25) is 0 Å². The maximum absolute atomic E-state index is 12.0. The predicted molar refractivity (Wildman–Crippen MR) is 59.7 cm³/mol. The van der Waals surface area contributed by atoms with Crippen molar-refractivity contribution in [1.29, 1.82) is 0 Å². The molecule has 0 aromatic carbocycles. The largest absolute Gasteiger partial charge is 0.367 e. The number of hydrogen-bond acceptors (Lipinski definition) is 2. The van der Waals surface area contributed by atoms with E-state index in [1.807, 2.05) is 0 Å². The summed E-state index contributed by atoms with van der Waals surface area (Å²) < 4.78 is 5.77. The summed E-state index contributed by atoms with van der Waals surface area (Å²) in [5.74, 6) is 0.994. The molecule has 2 rings (SSSR count). The summed E-state index contributed by atoms with van der Waals surface area (Å²) in [6.07, 6.45) is 4.74. The SMILES string of the molecule is CC(C)(C)[C@@H]1CCC(=O)[C@@]2(CCCO2)C1. The molecule has 1 aliphatic carbocycles. The summed E-state index contributed by atoms with van der Waals surface area (Å²) in [6.45, 7) is 7.60. The van der Waals surface area contributed by atoms with Crippen LogP contribution in [0.2, 0.25) is 0 Å². The van der Waals surface area contributed by atoms with Gasteiger partial charge in [0.1, 0.15) is 5.60 Å². The molecule has 0 bridgehead atoms. The predicted octanol–water partition coefficient (Wildman–Crippen LogP) is 2.95. The fraction of sp³-hybridized carbons (Fsp3) is 0.923. The highest BCUT2D eigenvalue weighted by Crippen LogP contribution is 2.45. The van der Waals surface area contributed by atoms with Crippen molar-refractivity contribution in [2.75, 3.05) is 6.61 Å². The quantitative estimate of drug-likeness (QED) is 0.614. The third kappa shape index (κ3) is 1.96. The molecule has 0 radical (unpaired) electrons. The summed E-state index contributed by atoms with van der Waals surface area (Å²) in [5, 5.41) is 0. The van der Waals surface area contributed by atoms with Crippen LogP contribution in [0.25, 0.3) is 0 Å².